The fourth-order valence-electron chi connectivity index (χ4n) is 2.40. The third-order valence-corrected chi connectivity index (χ3v) is 3.55. The van der Waals surface area contributed by atoms with E-state index in [0.717, 1.165) is 11.3 Å². The van der Waals surface area contributed by atoms with Crippen LogP contribution in [0.25, 0.3) is 5.69 Å². The maximum atomic E-state index is 12.2. The molecule has 3 rings (SSSR count). The molecule has 3 aromatic rings. The van der Waals surface area contributed by atoms with Gasteiger partial charge in [-0.3, -0.25) is 0 Å². The molecule has 0 saturated heterocycles. The Bertz CT molecular complexity index is 900. The van der Waals surface area contributed by atoms with Crippen LogP contribution in [0.3, 0.4) is 0 Å². The van der Waals surface area contributed by atoms with Crippen LogP contribution in [-0.2, 0) is 13.7 Å². The molecule has 0 N–H and O–H groups in total. The maximum absolute atomic E-state index is 12.2. The Balaban J connectivity index is 2.02. The average molecular weight is 340 g/mol. The Labute approximate surface area is 145 Å². The first-order valence-corrected chi connectivity index (χ1v) is 8.02. The second-order valence-corrected chi connectivity index (χ2v) is 5.82. The highest BCUT2D eigenvalue weighted by atomic mass is 16.5. The van der Waals surface area contributed by atoms with Crippen LogP contribution in [0.15, 0.2) is 53.3 Å². The summed E-state index contributed by atoms with van der Waals surface area (Å²) in [6, 6.07) is 15.0. The smallest absolute Gasteiger partial charge is 0.368 e. The lowest BCUT2D eigenvalue weighted by atomic mass is 10.1. The number of hydrogen-bond acceptors (Lipinski definition) is 5. The Morgan fingerprint density at radius 1 is 1.04 bits per heavy atom. The molecule has 7 nitrogen and oxygen atoms in total. The fourth-order valence-corrected chi connectivity index (χ4v) is 2.40. The lowest BCUT2D eigenvalue weighted by Gasteiger charge is -2.17. The van der Waals surface area contributed by atoms with E-state index < -0.39 is 0 Å². The number of ether oxygens (including phenoxy) is 2. The fraction of sp³-hybridized carbons (Fsp3) is 0.278. The molecule has 0 aliphatic rings. The van der Waals surface area contributed by atoms with Crippen molar-refractivity contribution in [3.05, 3.63) is 64.6 Å². The van der Waals surface area contributed by atoms with Crippen molar-refractivity contribution in [3.63, 3.8) is 0 Å². The van der Waals surface area contributed by atoms with Gasteiger partial charge in [-0.2, -0.15) is 9.36 Å². The molecule has 1 heterocycles. The monoisotopic (exact) mass is 340 g/mol. The second kappa shape index (κ2) is 7.21. The van der Waals surface area contributed by atoms with Gasteiger partial charge in [-0.25, -0.2) is 4.79 Å². The molecule has 0 aliphatic carbocycles. The van der Waals surface area contributed by atoms with Crippen LogP contribution in [0.2, 0.25) is 0 Å². The van der Waals surface area contributed by atoms with E-state index in [9.17, 15) is 4.79 Å². The number of nitrogens with zero attached hydrogens (tertiary/aromatic N) is 4. The van der Waals surface area contributed by atoms with Crippen molar-refractivity contribution in [3.8, 4) is 17.2 Å². The molecule has 0 spiro atoms. The summed E-state index contributed by atoms with van der Waals surface area (Å²) in [5.74, 6) is 1.39. The predicted molar refractivity (Wildman–Crippen MR) is 93.1 cm³/mol. The van der Waals surface area contributed by atoms with Crippen LogP contribution in [0, 0.1) is 0 Å². The van der Waals surface area contributed by atoms with Crippen molar-refractivity contribution in [2.75, 3.05) is 0 Å². The zero-order chi connectivity index (χ0) is 17.8. The van der Waals surface area contributed by atoms with Gasteiger partial charge in [0.1, 0.15) is 18.1 Å². The third-order valence-electron chi connectivity index (χ3n) is 3.55. The SMILES string of the molecule is CC(C)Oc1cccc(-n2nnn(C)c2=O)c1COc1ccccc1. The first-order valence-electron chi connectivity index (χ1n) is 8.02. The molecule has 130 valence electrons. The first-order chi connectivity index (χ1) is 12.1. The molecular weight excluding hydrogens is 320 g/mol. The summed E-state index contributed by atoms with van der Waals surface area (Å²) in [4.78, 5) is 12.2. The van der Waals surface area contributed by atoms with E-state index in [1.54, 1.807) is 13.1 Å². The minimum absolute atomic E-state index is 0.00990. The van der Waals surface area contributed by atoms with Crippen LogP contribution >= 0.6 is 0 Å². The minimum atomic E-state index is -0.331. The minimum Gasteiger partial charge on any atom is -0.491 e. The molecule has 0 unspecified atom stereocenters. The molecule has 25 heavy (non-hydrogen) atoms. The van der Waals surface area contributed by atoms with Crippen LogP contribution < -0.4 is 15.2 Å². The van der Waals surface area contributed by atoms with E-state index in [1.165, 1.54) is 9.36 Å². The molecule has 0 radical (unpaired) electrons. The summed E-state index contributed by atoms with van der Waals surface area (Å²) in [6.45, 7) is 4.14. The van der Waals surface area contributed by atoms with E-state index in [-0.39, 0.29) is 18.4 Å². The Hall–Kier alpha value is -3.09. The Morgan fingerprint density at radius 2 is 1.80 bits per heavy atom. The van der Waals surface area contributed by atoms with E-state index >= 15 is 0 Å². The van der Waals surface area contributed by atoms with Gasteiger partial charge in [0.25, 0.3) is 0 Å². The van der Waals surface area contributed by atoms with E-state index in [0.29, 0.717) is 11.4 Å². The molecule has 7 heteroatoms. The summed E-state index contributed by atoms with van der Waals surface area (Å²) in [7, 11) is 1.56. The lowest BCUT2D eigenvalue weighted by molar-refractivity contribution is 0.230. The van der Waals surface area contributed by atoms with Crippen molar-refractivity contribution in [1.29, 1.82) is 0 Å². The molecule has 1 aromatic heterocycles. The molecule has 0 aliphatic heterocycles. The molecule has 0 fully saturated rings. The largest absolute Gasteiger partial charge is 0.491 e. The average Bonchev–Trinajstić information content (AvgIpc) is 2.93. The number of rotatable bonds is 6. The zero-order valence-electron chi connectivity index (χ0n) is 14.4. The molecular formula is C18H20N4O3. The maximum Gasteiger partial charge on any atom is 0.368 e. The van der Waals surface area contributed by atoms with Gasteiger partial charge in [0, 0.05) is 7.05 Å². The number of benzene rings is 2. The highest BCUT2D eigenvalue weighted by molar-refractivity contribution is 5.49. The topological polar surface area (TPSA) is 71.2 Å². The van der Waals surface area contributed by atoms with Gasteiger partial charge in [-0.05, 0) is 48.5 Å². The highest BCUT2D eigenvalue weighted by Gasteiger charge is 2.17. The summed E-state index contributed by atoms with van der Waals surface area (Å²) >= 11 is 0. The molecule has 0 amide bonds. The van der Waals surface area contributed by atoms with Crippen molar-refractivity contribution < 1.29 is 9.47 Å². The van der Waals surface area contributed by atoms with Crippen molar-refractivity contribution in [1.82, 2.24) is 19.8 Å². The summed E-state index contributed by atoms with van der Waals surface area (Å²) in [6.07, 6.45) is -0.00990. The van der Waals surface area contributed by atoms with Gasteiger partial charge in [-0.1, -0.05) is 24.3 Å². The molecule has 2 aromatic carbocycles. The predicted octanol–water partition coefficient (Wildman–Crippen LogP) is 2.33. The molecule has 0 bridgehead atoms. The second-order valence-electron chi connectivity index (χ2n) is 5.82. The van der Waals surface area contributed by atoms with Gasteiger partial charge >= 0.3 is 5.69 Å². The third kappa shape index (κ3) is 3.71. The Kier molecular flexibility index (Phi) is 4.83. The van der Waals surface area contributed by atoms with E-state index in [1.807, 2.05) is 56.3 Å². The summed E-state index contributed by atoms with van der Waals surface area (Å²) in [5, 5.41) is 7.71. The van der Waals surface area contributed by atoms with Crippen molar-refractivity contribution in [2.24, 2.45) is 7.05 Å². The van der Waals surface area contributed by atoms with E-state index in [4.69, 9.17) is 9.47 Å². The van der Waals surface area contributed by atoms with Gasteiger partial charge in [-0.15, -0.1) is 0 Å². The van der Waals surface area contributed by atoms with Crippen LogP contribution in [0.1, 0.15) is 19.4 Å². The molecule has 0 atom stereocenters. The van der Waals surface area contributed by atoms with Crippen molar-refractivity contribution in [2.45, 2.75) is 26.6 Å². The quantitative estimate of drug-likeness (QED) is 0.689. The van der Waals surface area contributed by atoms with Crippen molar-refractivity contribution >= 4 is 0 Å². The number of aromatic nitrogens is 4. The zero-order valence-corrected chi connectivity index (χ0v) is 14.4. The Morgan fingerprint density at radius 3 is 2.44 bits per heavy atom. The van der Waals surface area contributed by atoms with Gasteiger partial charge in [0.15, 0.2) is 0 Å². The van der Waals surface area contributed by atoms with Gasteiger partial charge in [0.05, 0.1) is 17.4 Å². The number of aryl methyl sites for hydroxylation is 1. The lowest BCUT2D eigenvalue weighted by Crippen LogP contribution is -2.23. The number of tetrazole rings is 1. The normalized spacial score (nSPS) is 10.9. The van der Waals surface area contributed by atoms with Gasteiger partial charge in [0.2, 0.25) is 0 Å². The molecule has 0 saturated carbocycles. The van der Waals surface area contributed by atoms with E-state index in [2.05, 4.69) is 10.4 Å². The van der Waals surface area contributed by atoms with Crippen LogP contribution in [0.5, 0.6) is 11.5 Å². The standard InChI is InChI=1S/C18H20N4O3/c1-13(2)25-17-11-7-10-16(22-18(23)21(3)19-20-22)15(17)12-24-14-8-5-4-6-9-14/h4-11,13H,12H2,1-3H3. The number of para-hydroxylation sites is 1. The van der Waals surface area contributed by atoms with Gasteiger partial charge < -0.3 is 9.47 Å². The first kappa shape index (κ1) is 16.8. The number of hydrogen-bond donors (Lipinski definition) is 0. The highest BCUT2D eigenvalue weighted by Crippen LogP contribution is 2.27. The van der Waals surface area contributed by atoms with Crippen LogP contribution in [-0.4, -0.2) is 25.9 Å². The summed E-state index contributed by atoms with van der Waals surface area (Å²) < 4.78 is 14.2. The van der Waals surface area contributed by atoms with Crippen LogP contribution in [0.4, 0.5) is 0 Å². The summed E-state index contributed by atoms with van der Waals surface area (Å²) in [5.41, 5.74) is 0.998.